The number of ether oxygens (including phenoxy) is 3. The van der Waals surface area contributed by atoms with Crippen LogP contribution in [-0.2, 0) is 17.8 Å². The van der Waals surface area contributed by atoms with Crippen LogP contribution in [0.5, 0.6) is 17.2 Å². The predicted octanol–water partition coefficient (Wildman–Crippen LogP) is 4.04. The fourth-order valence-electron chi connectivity index (χ4n) is 4.23. The van der Waals surface area contributed by atoms with E-state index < -0.39 is 0 Å². The standard InChI is InChI=1S/C25H28N2O4S/c1-29-20-14-22(31-3)21(30-2)13-18(20)15-26-24(28)16-27-11-9-23-19(10-12-32-23)25(27)17-7-5-4-6-8-17/h4-8,10,12-14,25H,9,11,15-16H2,1-3H3,(H,26,28). The van der Waals surface area contributed by atoms with Crippen LogP contribution in [0.3, 0.4) is 0 Å². The first-order valence-corrected chi connectivity index (χ1v) is 11.4. The van der Waals surface area contributed by atoms with Crippen LogP contribution in [0.25, 0.3) is 0 Å². The first-order chi connectivity index (χ1) is 15.6. The summed E-state index contributed by atoms with van der Waals surface area (Å²) in [7, 11) is 4.77. The van der Waals surface area contributed by atoms with E-state index in [1.54, 1.807) is 38.7 Å². The number of hydrogen-bond donors (Lipinski definition) is 1. The number of nitrogens with zero attached hydrogens (tertiary/aromatic N) is 1. The summed E-state index contributed by atoms with van der Waals surface area (Å²) in [5.74, 6) is 1.81. The summed E-state index contributed by atoms with van der Waals surface area (Å²) >= 11 is 1.80. The van der Waals surface area contributed by atoms with Gasteiger partial charge in [-0.1, -0.05) is 30.3 Å². The van der Waals surface area contributed by atoms with Crippen LogP contribution in [0.2, 0.25) is 0 Å². The SMILES string of the molecule is COc1cc(OC)c(OC)cc1CNC(=O)CN1CCc2sccc2C1c1ccccc1. The second-order valence-corrected chi connectivity index (χ2v) is 8.63. The summed E-state index contributed by atoms with van der Waals surface area (Å²) in [5.41, 5.74) is 3.35. The molecule has 1 aliphatic heterocycles. The second-order valence-electron chi connectivity index (χ2n) is 7.63. The molecule has 6 nitrogen and oxygen atoms in total. The number of methoxy groups -OCH3 is 3. The van der Waals surface area contributed by atoms with Crippen molar-refractivity contribution in [1.29, 1.82) is 0 Å². The number of carbonyl (C=O) groups excluding carboxylic acids is 1. The van der Waals surface area contributed by atoms with Crippen LogP contribution in [0, 0.1) is 0 Å². The molecule has 1 aromatic heterocycles. The number of amides is 1. The zero-order chi connectivity index (χ0) is 22.5. The molecule has 0 saturated heterocycles. The molecule has 7 heteroatoms. The molecule has 2 aromatic carbocycles. The Hall–Kier alpha value is -3.03. The van der Waals surface area contributed by atoms with Gasteiger partial charge in [0.15, 0.2) is 11.5 Å². The quantitative estimate of drug-likeness (QED) is 0.559. The molecule has 0 aliphatic carbocycles. The van der Waals surface area contributed by atoms with Crippen molar-refractivity contribution in [2.24, 2.45) is 0 Å². The van der Waals surface area contributed by atoms with E-state index in [0.29, 0.717) is 30.3 Å². The molecule has 3 aromatic rings. The topological polar surface area (TPSA) is 60.0 Å². The first kappa shape index (κ1) is 22.2. The number of hydrogen-bond acceptors (Lipinski definition) is 6. The Balaban J connectivity index is 1.48. The van der Waals surface area contributed by atoms with Crippen LogP contribution >= 0.6 is 11.3 Å². The van der Waals surface area contributed by atoms with Gasteiger partial charge >= 0.3 is 0 Å². The minimum Gasteiger partial charge on any atom is -0.496 e. The van der Waals surface area contributed by atoms with Gasteiger partial charge in [-0.25, -0.2) is 0 Å². The number of carbonyl (C=O) groups is 1. The Morgan fingerprint density at radius 1 is 1.03 bits per heavy atom. The fourth-order valence-corrected chi connectivity index (χ4v) is 5.13. The molecule has 1 N–H and O–H groups in total. The van der Waals surface area contributed by atoms with Crippen molar-refractivity contribution in [3.05, 3.63) is 75.5 Å². The molecular weight excluding hydrogens is 424 g/mol. The molecule has 32 heavy (non-hydrogen) atoms. The van der Waals surface area contributed by atoms with Crippen LogP contribution in [0.1, 0.15) is 27.6 Å². The third kappa shape index (κ3) is 4.59. The lowest BCUT2D eigenvalue weighted by Gasteiger charge is -2.35. The zero-order valence-electron chi connectivity index (χ0n) is 18.6. The summed E-state index contributed by atoms with van der Waals surface area (Å²) in [5, 5.41) is 5.19. The Morgan fingerprint density at radius 2 is 1.75 bits per heavy atom. The van der Waals surface area contributed by atoms with Gasteiger partial charge < -0.3 is 19.5 Å². The number of fused-ring (bicyclic) bond motifs is 1. The van der Waals surface area contributed by atoms with Crippen molar-refractivity contribution in [3.63, 3.8) is 0 Å². The highest BCUT2D eigenvalue weighted by molar-refractivity contribution is 7.10. The van der Waals surface area contributed by atoms with E-state index in [2.05, 4.69) is 45.9 Å². The van der Waals surface area contributed by atoms with Crippen molar-refractivity contribution < 1.29 is 19.0 Å². The molecule has 0 saturated carbocycles. The fraction of sp³-hybridized carbons (Fsp3) is 0.320. The van der Waals surface area contributed by atoms with Crippen molar-refractivity contribution in [1.82, 2.24) is 10.2 Å². The maximum absolute atomic E-state index is 12.9. The molecule has 0 spiro atoms. The predicted molar refractivity (Wildman–Crippen MR) is 126 cm³/mol. The van der Waals surface area contributed by atoms with E-state index in [-0.39, 0.29) is 11.9 Å². The zero-order valence-corrected chi connectivity index (χ0v) is 19.4. The molecule has 168 valence electrons. The lowest BCUT2D eigenvalue weighted by molar-refractivity contribution is -0.122. The molecule has 0 fully saturated rings. The van der Waals surface area contributed by atoms with Crippen LogP contribution < -0.4 is 19.5 Å². The monoisotopic (exact) mass is 452 g/mol. The van der Waals surface area contributed by atoms with E-state index in [0.717, 1.165) is 18.5 Å². The number of nitrogens with one attached hydrogen (secondary N) is 1. The highest BCUT2D eigenvalue weighted by Gasteiger charge is 2.30. The van der Waals surface area contributed by atoms with Crippen molar-refractivity contribution in [2.45, 2.75) is 19.0 Å². The molecule has 0 radical (unpaired) electrons. The number of benzene rings is 2. The third-order valence-electron chi connectivity index (χ3n) is 5.79. The average molecular weight is 453 g/mol. The summed E-state index contributed by atoms with van der Waals surface area (Å²) in [4.78, 5) is 16.6. The van der Waals surface area contributed by atoms with Gasteiger partial charge in [0.05, 0.1) is 33.9 Å². The summed E-state index contributed by atoms with van der Waals surface area (Å²) in [6, 6.07) is 16.3. The van der Waals surface area contributed by atoms with E-state index >= 15 is 0 Å². The van der Waals surface area contributed by atoms with Crippen molar-refractivity contribution in [2.75, 3.05) is 34.4 Å². The summed E-state index contributed by atoms with van der Waals surface area (Å²) < 4.78 is 16.2. The summed E-state index contributed by atoms with van der Waals surface area (Å²) in [6.45, 7) is 1.51. The largest absolute Gasteiger partial charge is 0.496 e. The highest BCUT2D eigenvalue weighted by atomic mass is 32.1. The van der Waals surface area contributed by atoms with Crippen LogP contribution in [0.15, 0.2) is 53.9 Å². The second kappa shape index (κ2) is 10.1. The van der Waals surface area contributed by atoms with Crippen molar-refractivity contribution >= 4 is 17.2 Å². The van der Waals surface area contributed by atoms with Gasteiger partial charge in [0.1, 0.15) is 5.75 Å². The number of rotatable bonds is 8. The smallest absolute Gasteiger partial charge is 0.234 e. The van der Waals surface area contributed by atoms with Gasteiger partial charge in [-0.05, 0) is 35.1 Å². The minimum atomic E-state index is -0.0264. The molecular formula is C25H28N2O4S. The lowest BCUT2D eigenvalue weighted by atomic mass is 9.93. The van der Waals surface area contributed by atoms with E-state index in [4.69, 9.17) is 14.2 Å². The number of thiophene rings is 1. The van der Waals surface area contributed by atoms with Gasteiger partial charge in [0.25, 0.3) is 0 Å². The van der Waals surface area contributed by atoms with E-state index in [1.165, 1.54) is 16.0 Å². The van der Waals surface area contributed by atoms with Gasteiger partial charge in [0, 0.05) is 29.6 Å². The van der Waals surface area contributed by atoms with E-state index in [1.807, 2.05) is 12.1 Å². The first-order valence-electron chi connectivity index (χ1n) is 10.6. The minimum absolute atomic E-state index is 0.0264. The van der Waals surface area contributed by atoms with Gasteiger partial charge in [-0.2, -0.15) is 0 Å². The Kier molecular flexibility index (Phi) is 6.97. The Morgan fingerprint density at radius 3 is 2.47 bits per heavy atom. The van der Waals surface area contributed by atoms with Crippen LogP contribution in [-0.4, -0.2) is 45.2 Å². The third-order valence-corrected chi connectivity index (χ3v) is 6.79. The van der Waals surface area contributed by atoms with Gasteiger partial charge in [-0.15, -0.1) is 11.3 Å². The van der Waals surface area contributed by atoms with E-state index in [9.17, 15) is 4.79 Å². The maximum atomic E-state index is 12.9. The molecule has 2 heterocycles. The lowest BCUT2D eigenvalue weighted by Crippen LogP contribution is -2.42. The molecule has 1 atom stereocenters. The summed E-state index contributed by atoms with van der Waals surface area (Å²) in [6.07, 6.45) is 0.965. The maximum Gasteiger partial charge on any atom is 0.234 e. The molecule has 4 rings (SSSR count). The van der Waals surface area contributed by atoms with Crippen LogP contribution in [0.4, 0.5) is 0 Å². The molecule has 1 unspecified atom stereocenters. The van der Waals surface area contributed by atoms with Crippen molar-refractivity contribution in [3.8, 4) is 17.2 Å². The van der Waals surface area contributed by atoms with Gasteiger partial charge in [-0.3, -0.25) is 9.69 Å². The normalized spacial score (nSPS) is 15.7. The van der Waals surface area contributed by atoms with Gasteiger partial charge in [0.2, 0.25) is 5.91 Å². The molecule has 1 aliphatic rings. The Bertz CT molecular complexity index is 1070. The molecule has 1 amide bonds. The average Bonchev–Trinajstić information content (AvgIpc) is 3.31. The molecule has 0 bridgehead atoms. The Labute approximate surface area is 192 Å². The highest BCUT2D eigenvalue weighted by Crippen LogP contribution is 2.37.